The first kappa shape index (κ1) is 20.2. The summed E-state index contributed by atoms with van der Waals surface area (Å²) in [6.07, 6.45) is 0.164. The number of carbonyl (C=O) groups is 2. The van der Waals surface area contributed by atoms with E-state index in [1.165, 1.54) is 0 Å². The van der Waals surface area contributed by atoms with Gasteiger partial charge in [0, 0.05) is 14.1 Å². The number of rotatable bonds is 4. The zero-order valence-corrected chi connectivity index (χ0v) is 13.3. The molecule has 0 aromatic rings. The Morgan fingerprint density at radius 3 is 1.89 bits per heavy atom. The highest BCUT2D eigenvalue weighted by Gasteiger charge is 2.20. The predicted octanol–water partition coefficient (Wildman–Crippen LogP) is 1.84. The topological polar surface area (TPSA) is 67.9 Å². The molecule has 0 spiro atoms. The lowest BCUT2D eigenvalue weighted by molar-refractivity contribution is -0.110. The lowest BCUT2D eigenvalue weighted by Gasteiger charge is -2.22. The summed E-state index contributed by atoms with van der Waals surface area (Å²) in [5.41, 5.74) is -0.533. The van der Waals surface area contributed by atoms with Crippen LogP contribution in [-0.2, 0) is 14.4 Å². The molecule has 0 fully saturated rings. The number of nitrogens with zero attached hydrogens (tertiary/aromatic N) is 1. The van der Waals surface area contributed by atoms with Crippen molar-refractivity contribution < 1.29 is 19.2 Å². The van der Waals surface area contributed by atoms with Gasteiger partial charge in [-0.2, -0.15) is 5.06 Å². The van der Waals surface area contributed by atoms with Crippen molar-refractivity contribution in [3.63, 3.8) is 0 Å². The molecule has 0 saturated carbocycles. The van der Waals surface area contributed by atoms with Gasteiger partial charge < -0.3 is 19.7 Å². The maximum absolute atomic E-state index is 11.2. The molecule has 0 unspecified atom stereocenters. The van der Waals surface area contributed by atoms with E-state index in [0.717, 1.165) is 0 Å². The van der Waals surface area contributed by atoms with Crippen molar-refractivity contribution in [1.82, 2.24) is 10.4 Å². The largest absolute Gasteiger partial charge is 0.444 e. The molecule has 0 rings (SSSR count). The van der Waals surface area contributed by atoms with Crippen LogP contribution in [-0.4, -0.2) is 50.3 Å². The Kier molecular flexibility index (Phi) is 10.4. The lowest BCUT2D eigenvalue weighted by Crippen LogP contribution is -2.42. The smallest absolute Gasteiger partial charge is 0.408 e. The molecule has 0 aliphatic carbocycles. The third-order valence-corrected chi connectivity index (χ3v) is 1.91. The van der Waals surface area contributed by atoms with Crippen LogP contribution in [0.2, 0.25) is 0 Å². The molecule has 0 aliphatic rings. The average Bonchev–Trinajstić information content (AvgIpc) is 2.23. The van der Waals surface area contributed by atoms with Crippen molar-refractivity contribution in [3.05, 3.63) is 0 Å². The van der Waals surface area contributed by atoms with Gasteiger partial charge >= 0.3 is 6.09 Å². The minimum Gasteiger partial charge on any atom is -0.444 e. The van der Waals surface area contributed by atoms with Crippen LogP contribution in [0.5, 0.6) is 0 Å². The lowest BCUT2D eigenvalue weighted by atomic mass is 10.1. The molecule has 0 radical (unpaired) electrons. The van der Waals surface area contributed by atoms with Crippen LogP contribution in [0.15, 0.2) is 0 Å². The van der Waals surface area contributed by atoms with Gasteiger partial charge in [-0.05, 0) is 26.7 Å². The van der Waals surface area contributed by atoms with Crippen LogP contribution in [0.3, 0.4) is 0 Å². The number of alkyl carbamates (subject to hydrolysis) is 1. The molecule has 0 aliphatic heterocycles. The number of ether oxygens (including phenoxy) is 1. The Balaban J connectivity index is 0. The van der Waals surface area contributed by atoms with Crippen LogP contribution in [0, 0.1) is 5.92 Å². The van der Waals surface area contributed by atoms with Crippen molar-refractivity contribution in [2.24, 2.45) is 5.92 Å². The van der Waals surface area contributed by atoms with Gasteiger partial charge in [-0.3, -0.25) is 0 Å². The summed E-state index contributed by atoms with van der Waals surface area (Å²) in [5.74, 6) is 0.0695. The molecule has 19 heavy (non-hydrogen) atoms. The van der Waals surface area contributed by atoms with Crippen LogP contribution < -0.4 is 5.32 Å². The number of aldehydes is 1. The molecule has 6 nitrogen and oxygen atoms in total. The Morgan fingerprint density at radius 1 is 1.26 bits per heavy atom. The summed E-state index contributed by atoms with van der Waals surface area (Å²) in [5, 5.41) is 4.12. The van der Waals surface area contributed by atoms with Crippen LogP contribution in [0.25, 0.3) is 0 Å². The molecular weight excluding hydrogens is 248 g/mol. The molecule has 114 valence electrons. The Morgan fingerprint density at radius 2 is 1.68 bits per heavy atom. The Labute approximate surface area is 116 Å². The normalized spacial score (nSPS) is 12.5. The minimum atomic E-state index is -0.553. The summed E-state index contributed by atoms with van der Waals surface area (Å²) in [7, 11) is 5.29. The third kappa shape index (κ3) is 14.8. The Bertz CT molecular complexity index is 260. The molecule has 0 bridgehead atoms. The number of hydrogen-bond donors (Lipinski definition) is 1. The van der Waals surface area contributed by atoms with E-state index in [1.54, 1.807) is 32.9 Å². The summed E-state index contributed by atoms with van der Waals surface area (Å²) in [4.78, 5) is 26.4. The minimum absolute atomic E-state index is 0.0695. The van der Waals surface area contributed by atoms with Gasteiger partial charge in [0.15, 0.2) is 0 Å². The summed E-state index contributed by atoms with van der Waals surface area (Å²) < 4.78 is 5.01. The third-order valence-electron chi connectivity index (χ3n) is 1.91. The van der Waals surface area contributed by atoms with Crippen LogP contribution in [0.1, 0.15) is 34.6 Å². The first-order valence-corrected chi connectivity index (χ1v) is 6.19. The van der Waals surface area contributed by atoms with Crippen molar-refractivity contribution in [2.75, 3.05) is 21.2 Å². The molecule has 0 aromatic carbocycles. The van der Waals surface area contributed by atoms with Crippen molar-refractivity contribution >= 4 is 12.4 Å². The highest BCUT2D eigenvalue weighted by atomic mass is 16.7. The SMILES string of the molecule is CC(C)[C@H](C=O)NC(=O)OC(C)(C)C.CON(C)C. The van der Waals surface area contributed by atoms with E-state index in [4.69, 9.17) is 4.74 Å². The summed E-state index contributed by atoms with van der Waals surface area (Å²) >= 11 is 0. The second kappa shape index (κ2) is 9.75. The fourth-order valence-electron chi connectivity index (χ4n) is 0.801. The zero-order valence-electron chi connectivity index (χ0n) is 13.3. The van der Waals surface area contributed by atoms with E-state index in [1.807, 2.05) is 27.9 Å². The maximum Gasteiger partial charge on any atom is 0.408 e. The highest BCUT2D eigenvalue weighted by molar-refractivity contribution is 5.73. The molecular formula is C13H28N2O4. The number of carbonyl (C=O) groups excluding carboxylic acids is 2. The first-order chi connectivity index (χ1) is 8.53. The first-order valence-electron chi connectivity index (χ1n) is 6.19. The average molecular weight is 276 g/mol. The second-order valence-corrected chi connectivity index (χ2v) is 5.55. The van der Waals surface area contributed by atoms with Gasteiger partial charge in [0.2, 0.25) is 0 Å². The number of amides is 1. The Hall–Kier alpha value is -1.14. The fraction of sp³-hybridized carbons (Fsp3) is 0.846. The van der Waals surface area contributed by atoms with Gasteiger partial charge in [0.05, 0.1) is 13.2 Å². The van der Waals surface area contributed by atoms with E-state index in [2.05, 4.69) is 10.2 Å². The van der Waals surface area contributed by atoms with Crippen LogP contribution >= 0.6 is 0 Å². The molecule has 1 atom stereocenters. The van der Waals surface area contributed by atoms with E-state index < -0.39 is 17.7 Å². The molecule has 1 amide bonds. The standard InChI is InChI=1S/C10H19NO3.C3H9NO/c1-7(2)8(6-12)11-9(13)14-10(3,4)5;1-4(2)5-3/h6-8H,1-5H3,(H,11,13);1-3H3/t8-;/m0./s1. The number of hydrogen-bond acceptors (Lipinski definition) is 5. The van der Waals surface area contributed by atoms with Crippen LogP contribution in [0.4, 0.5) is 4.79 Å². The van der Waals surface area contributed by atoms with Crippen molar-refractivity contribution in [3.8, 4) is 0 Å². The summed E-state index contributed by atoms with van der Waals surface area (Å²) in [6.45, 7) is 9.04. The number of hydroxylamine groups is 2. The summed E-state index contributed by atoms with van der Waals surface area (Å²) in [6, 6.07) is -0.482. The van der Waals surface area contributed by atoms with Crippen molar-refractivity contribution in [2.45, 2.75) is 46.3 Å². The van der Waals surface area contributed by atoms with E-state index in [-0.39, 0.29) is 5.92 Å². The molecule has 0 heterocycles. The van der Waals surface area contributed by atoms with E-state index in [0.29, 0.717) is 6.29 Å². The molecule has 1 N–H and O–H groups in total. The molecule has 0 saturated heterocycles. The van der Waals surface area contributed by atoms with Gasteiger partial charge in [0.25, 0.3) is 0 Å². The van der Waals surface area contributed by atoms with Gasteiger partial charge in [-0.15, -0.1) is 0 Å². The molecule has 0 aromatic heterocycles. The van der Waals surface area contributed by atoms with Gasteiger partial charge in [0.1, 0.15) is 11.9 Å². The quantitative estimate of drug-likeness (QED) is 0.627. The van der Waals surface area contributed by atoms with Crippen molar-refractivity contribution in [1.29, 1.82) is 0 Å². The highest BCUT2D eigenvalue weighted by Crippen LogP contribution is 2.07. The molecule has 6 heteroatoms. The predicted molar refractivity (Wildman–Crippen MR) is 74.8 cm³/mol. The maximum atomic E-state index is 11.2. The fourth-order valence-corrected chi connectivity index (χ4v) is 0.801. The van der Waals surface area contributed by atoms with Gasteiger partial charge in [-0.1, -0.05) is 13.8 Å². The zero-order chi connectivity index (χ0) is 15.6. The van der Waals surface area contributed by atoms with E-state index >= 15 is 0 Å². The monoisotopic (exact) mass is 276 g/mol. The van der Waals surface area contributed by atoms with Gasteiger partial charge in [-0.25, -0.2) is 4.79 Å². The van der Waals surface area contributed by atoms with E-state index in [9.17, 15) is 9.59 Å². The second-order valence-electron chi connectivity index (χ2n) is 5.55. The number of nitrogens with one attached hydrogen (secondary N) is 1.